The Labute approximate surface area is 176 Å². The average Bonchev–Trinajstić information content (AvgIpc) is 2.75. The average molecular weight is 414 g/mol. The molecule has 2 aromatic carbocycles. The van der Waals surface area contributed by atoms with Gasteiger partial charge in [-0.15, -0.1) is 0 Å². The fourth-order valence-corrected chi connectivity index (χ4v) is 3.88. The zero-order valence-corrected chi connectivity index (χ0v) is 17.3. The van der Waals surface area contributed by atoms with Crippen LogP contribution in [0.25, 0.3) is 0 Å². The number of nitrogens with zero attached hydrogens (tertiary/aromatic N) is 1. The molecule has 3 rings (SSSR count). The van der Waals surface area contributed by atoms with Crippen LogP contribution in [0.2, 0.25) is 0 Å². The number of halogens is 1. The first kappa shape index (κ1) is 21.6. The van der Waals surface area contributed by atoms with Gasteiger partial charge in [-0.25, -0.2) is 9.18 Å². The fourth-order valence-electron chi connectivity index (χ4n) is 3.88. The van der Waals surface area contributed by atoms with Gasteiger partial charge < -0.3 is 19.7 Å². The van der Waals surface area contributed by atoms with Gasteiger partial charge in [0.25, 0.3) is 0 Å². The predicted octanol–water partition coefficient (Wildman–Crippen LogP) is 4.25. The van der Waals surface area contributed by atoms with Crippen molar-refractivity contribution in [1.29, 1.82) is 0 Å². The van der Waals surface area contributed by atoms with Crippen LogP contribution in [0.5, 0.6) is 5.75 Å². The van der Waals surface area contributed by atoms with Gasteiger partial charge >= 0.3 is 12.0 Å². The number of esters is 1. The van der Waals surface area contributed by atoms with E-state index in [-0.39, 0.29) is 31.0 Å². The van der Waals surface area contributed by atoms with E-state index in [4.69, 9.17) is 9.47 Å². The van der Waals surface area contributed by atoms with E-state index in [1.165, 1.54) is 24.3 Å². The summed E-state index contributed by atoms with van der Waals surface area (Å²) < 4.78 is 23.8. The number of methoxy groups -OCH3 is 1. The van der Waals surface area contributed by atoms with E-state index in [2.05, 4.69) is 5.32 Å². The molecule has 1 aliphatic rings. The Bertz CT molecular complexity index is 887. The number of hydrogen-bond acceptors (Lipinski definition) is 4. The van der Waals surface area contributed by atoms with Crippen LogP contribution in [0.15, 0.2) is 48.5 Å². The van der Waals surface area contributed by atoms with Gasteiger partial charge in [0.15, 0.2) is 0 Å². The van der Waals surface area contributed by atoms with Crippen LogP contribution in [0.3, 0.4) is 0 Å². The molecule has 1 unspecified atom stereocenters. The smallest absolute Gasteiger partial charge is 0.321 e. The number of benzene rings is 2. The minimum absolute atomic E-state index is 0.246. The zero-order valence-electron chi connectivity index (χ0n) is 17.3. The summed E-state index contributed by atoms with van der Waals surface area (Å²) >= 11 is 0. The maximum absolute atomic E-state index is 13.1. The Kier molecular flexibility index (Phi) is 6.92. The number of piperidine rings is 1. The second-order valence-electron chi connectivity index (χ2n) is 7.49. The lowest BCUT2D eigenvalue weighted by molar-refractivity contribution is -0.158. The van der Waals surface area contributed by atoms with Gasteiger partial charge in [-0.2, -0.15) is 0 Å². The standard InChI is InChI=1S/C23H27FN2O4/c1-3-30-21(27)23(15-17-6-4-7-20(14-17)29-2)12-5-13-26(16-23)22(28)25-19-10-8-18(24)9-11-19/h4,6-11,14H,3,5,12-13,15-16H2,1-2H3,(H,25,28). The number of amides is 2. The monoisotopic (exact) mass is 414 g/mol. The first-order valence-corrected chi connectivity index (χ1v) is 10.1. The summed E-state index contributed by atoms with van der Waals surface area (Å²) in [5.41, 5.74) is 0.616. The van der Waals surface area contributed by atoms with Crippen molar-refractivity contribution < 1.29 is 23.5 Å². The molecule has 1 fully saturated rings. The minimum atomic E-state index is -0.833. The minimum Gasteiger partial charge on any atom is -0.497 e. The molecule has 1 heterocycles. The lowest BCUT2D eigenvalue weighted by atomic mass is 9.75. The Morgan fingerprint density at radius 1 is 1.20 bits per heavy atom. The van der Waals surface area contributed by atoms with Crippen molar-refractivity contribution in [2.75, 3.05) is 32.1 Å². The Hall–Kier alpha value is -3.09. The Balaban J connectivity index is 1.80. The molecule has 1 saturated heterocycles. The molecule has 0 radical (unpaired) electrons. The molecule has 1 aliphatic heterocycles. The lowest BCUT2D eigenvalue weighted by Gasteiger charge is -2.41. The van der Waals surface area contributed by atoms with Gasteiger partial charge in [0.05, 0.1) is 19.1 Å². The molecule has 160 valence electrons. The molecule has 30 heavy (non-hydrogen) atoms. The van der Waals surface area contributed by atoms with E-state index >= 15 is 0 Å². The maximum Gasteiger partial charge on any atom is 0.321 e. The van der Waals surface area contributed by atoms with Crippen molar-refractivity contribution in [3.05, 3.63) is 59.9 Å². The number of rotatable bonds is 6. The van der Waals surface area contributed by atoms with Crippen molar-refractivity contribution in [2.24, 2.45) is 5.41 Å². The summed E-state index contributed by atoms with van der Waals surface area (Å²) in [7, 11) is 1.60. The van der Waals surface area contributed by atoms with Gasteiger partial charge in [0.1, 0.15) is 11.6 Å². The highest BCUT2D eigenvalue weighted by atomic mass is 19.1. The van der Waals surface area contributed by atoms with E-state index in [9.17, 15) is 14.0 Å². The largest absolute Gasteiger partial charge is 0.497 e. The van der Waals surface area contributed by atoms with Crippen molar-refractivity contribution >= 4 is 17.7 Å². The molecule has 0 aromatic heterocycles. The number of hydrogen-bond donors (Lipinski definition) is 1. The molecule has 2 aromatic rings. The molecule has 0 aliphatic carbocycles. The summed E-state index contributed by atoms with van der Waals surface area (Å²) in [6.07, 6.45) is 1.76. The number of carbonyl (C=O) groups excluding carboxylic acids is 2. The van der Waals surface area contributed by atoms with E-state index in [1.807, 2.05) is 24.3 Å². The maximum atomic E-state index is 13.1. The third-order valence-corrected chi connectivity index (χ3v) is 5.34. The molecular weight excluding hydrogens is 387 g/mol. The number of ether oxygens (including phenoxy) is 2. The van der Waals surface area contributed by atoms with Gasteiger partial charge in [-0.3, -0.25) is 4.79 Å². The highest BCUT2D eigenvalue weighted by Crippen LogP contribution is 2.36. The molecule has 6 nitrogen and oxygen atoms in total. The molecule has 0 spiro atoms. The molecule has 2 amide bonds. The van der Waals surface area contributed by atoms with E-state index in [0.29, 0.717) is 37.2 Å². The van der Waals surface area contributed by atoms with E-state index in [0.717, 1.165) is 5.56 Å². The molecule has 1 N–H and O–H groups in total. The summed E-state index contributed by atoms with van der Waals surface area (Å²) in [4.78, 5) is 27.4. The second kappa shape index (κ2) is 9.61. The Morgan fingerprint density at radius 3 is 2.67 bits per heavy atom. The number of likely N-dealkylation sites (tertiary alicyclic amines) is 1. The SMILES string of the molecule is CCOC(=O)C1(Cc2cccc(OC)c2)CCCN(C(=O)Nc2ccc(F)cc2)C1. The molecule has 1 atom stereocenters. The van der Waals surface area contributed by atoms with E-state index < -0.39 is 5.41 Å². The highest BCUT2D eigenvalue weighted by Gasteiger charge is 2.45. The quantitative estimate of drug-likeness (QED) is 0.718. The van der Waals surface area contributed by atoms with Crippen LogP contribution in [0, 0.1) is 11.2 Å². The van der Waals surface area contributed by atoms with Gasteiger partial charge in [0, 0.05) is 18.8 Å². The molecular formula is C23H27FN2O4. The van der Waals surface area contributed by atoms with Crippen molar-refractivity contribution in [3.63, 3.8) is 0 Å². The predicted molar refractivity (Wildman–Crippen MR) is 112 cm³/mol. The normalized spacial score (nSPS) is 18.6. The Morgan fingerprint density at radius 2 is 1.97 bits per heavy atom. The van der Waals surface area contributed by atoms with Crippen LogP contribution in [0.1, 0.15) is 25.3 Å². The zero-order chi connectivity index (χ0) is 21.6. The van der Waals surface area contributed by atoms with Gasteiger partial charge in [-0.1, -0.05) is 12.1 Å². The number of anilines is 1. The van der Waals surface area contributed by atoms with Crippen LogP contribution in [-0.4, -0.2) is 43.7 Å². The summed E-state index contributed by atoms with van der Waals surface area (Å²) in [6.45, 7) is 2.84. The topological polar surface area (TPSA) is 67.9 Å². The van der Waals surface area contributed by atoms with Gasteiger partial charge in [0.2, 0.25) is 0 Å². The number of nitrogens with one attached hydrogen (secondary N) is 1. The number of urea groups is 1. The summed E-state index contributed by atoms with van der Waals surface area (Å²) in [5.74, 6) is 0.0471. The molecule has 0 saturated carbocycles. The molecule has 7 heteroatoms. The summed E-state index contributed by atoms with van der Waals surface area (Å²) in [6, 6.07) is 12.9. The van der Waals surface area contributed by atoms with E-state index in [1.54, 1.807) is 18.9 Å². The highest BCUT2D eigenvalue weighted by molar-refractivity contribution is 5.90. The van der Waals surface area contributed by atoms with Crippen LogP contribution < -0.4 is 10.1 Å². The van der Waals surface area contributed by atoms with Crippen LogP contribution in [0.4, 0.5) is 14.9 Å². The van der Waals surface area contributed by atoms with Crippen molar-refractivity contribution in [3.8, 4) is 5.75 Å². The molecule has 0 bridgehead atoms. The van der Waals surface area contributed by atoms with Crippen LogP contribution in [-0.2, 0) is 16.0 Å². The second-order valence-corrected chi connectivity index (χ2v) is 7.49. The summed E-state index contributed by atoms with van der Waals surface area (Å²) in [5, 5.41) is 2.78. The van der Waals surface area contributed by atoms with Crippen molar-refractivity contribution in [1.82, 2.24) is 4.90 Å². The fraction of sp³-hybridized carbons (Fsp3) is 0.391. The van der Waals surface area contributed by atoms with Crippen LogP contribution >= 0.6 is 0 Å². The first-order valence-electron chi connectivity index (χ1n) is 10.1. The number of carbonyl (C=O) groups is 2. The van der Waals surface area contributed by atoms with Crippen molar-refractivity contribution in [2.45, 2.75) is 26.2 Å². The third-order valence-electron chi connectivity index (χ3n) is 5.34. The first-order chi connectivity index (χ1) is 14.5. The lowest BCUT2D eigenvalue weighted by Crippen LogP contribution is -2.52. The van der Waals surface area contributed by atoms with Gasteiger partial charge in [-0.05, 0) is 68.1 Å². The third kappa shape index (κ3) is 5.09.